The van der Waals surface area contributed by atoms with Gasteiger partial charge in [0.05, 0.1) is 5.92 Å². The normalized spacial score (nSPS) is 19.9. The van der Waals surface area contributed by atoms with Crippen molar-refractivity contribution in [2.45, 2.75) is 56.7 Å². The Morgan fingerprint density at radius 1 is 0.739 bits per heavy atom. The molecule has 8 heteroatoms. The molecule has 1 aliphatic heterocycles. The van der Waals surface area contributed by atoms with E-state index in [0.29, 0.717) is 25.8 Å². The lowest BCUT2D eigenvalue weighted by atomic mass is 9.93. The molecule has 5 rings (SSSR count). The number of carbonyl (C=O) groups excluding carboxylic acids is 4. The van der Waals surface area contributed by atoms with Crippen LogP contribution < -0.4 is 16.4 Å². The number of nitrogens with two attached hydrogens (primary N) is 1. The van der Waals surface area contributed by atoms with Gasteiger partial charge in [-0.15, -0.1) is 0 Å². The van der Waals surface area contributed by atoms with Gasteiger partial charge in [-0.2, -0.15) is 0 Å². The third kappa shape index (κ3) is 8.47. The summed E-state index contributed by atoms with van der Waals surface area (Å²) in [5, 5.41) is 5.90. The van der Waals surface area contributed by atoms with Crippen molar-refractivity contribution in [3.05, 3.63) is 132 Å². The van der Waals surface area contributed by atoms with Gasteiger partial charge in [0.25, 0.3) is 0 Å². The Labute approximate surface area is 270 Å². The van der Waals surface area contributed by atoms with Crippen molar-refractivity contribution < 1.29 is 19.2 Å². The highest BCUT2D eigenvalue weighted by atomic mass is 16.2. The van der Waals surface area contributed by atoms with Gasteiger partial charge in [0.15, 0.2) is 0 Å². The van der Waals surface area contributed by atoms with Gasteiger partial charge in [-0.25, -0.2) is 0 Å². The van der Waals surface area contributed by atoms with Crippen molar-refractivity contribution in [2.24, 2.45) is 5.73 Å². The summed E-state index contributed by atoms with van der Waals surface area (Å²) >= 11 is 0. The van der Waals surface area contributed by atoms with E-state index in [9.17, 15) is 19.2 Å². The molecule has 0 radical (unpaired) electrons. The zero-order valence-corrected chi connectivity index (χ0v) is 25.8. The van der Waals surface area contributed by atoms with E-state index in [0.717, 1.165) is 27.8 Å². The first-order valence-corrected chi connectivity index (χ1v) is 15.8. The highest BCUT2D eigenvalue weighted by Gasteiger charge is 2.35. The summed E-state index contributed by atoms with van der Waals surface area (Å²) < 4.78 is 0. The first-order valence-electron chi connectivity index (χ1n) is 15.8. The second-order valence-electron chi connectivity index (χ2n) is 11.7. The van der Waals surface area contributed by atoms with E-state index in [1.165, 1.54) is 4.90 Å². The average molecular weight is 617 g/mol. The van der Waals surface area contributed by atoms with Crippen molar-refractivity contribution in [3.63, 3.8) is 0 Å². The third-order valence-corrected chi connectivity index (χ3v) is 8.43. The van der Waals surface area contributed by atoms with Gasteiger partial charge < -0.3 is 21.3 Å². The number of amides is 4. The van der Waals surface area contributed by atoms with Crippen LogP contribution in [0, 0.1) is 0 Å². The summed E-state index contributed by atoms with van der Waals surface area (Å²) in [6.07, 6.45) is 1.56. The Morgan fingerprint density at radius 3 is 2.00 bits per heavy atom. The van der Waals surface area contributed by atoms with Crippen molar-refractivity contribution in [1.82, 2.24) is 15.5 Å². The standard InChI is InChI=1S/C38H40N4O4/c39-36(44)34-18-10-11-23-40-37(45)32(31-16-8-3-9-17-31)25-35(43)41-33(24-27-12-4-1-5-13-27)38(46)42(34)26-28-19-21-30(22-20-28)29-14-6-2-7-15-29/h1-9,12-17,19-22,32-34H,10-11,18,23-26H2,(H2,39,44)(H,40,45)(H,41,43). The Kier molecular flexibility index (Phi) is 10.9. The molecule has 0 aliphatic carbocycles. The molecule has 1 aliphatic rings. The molecule has 3 atom stereocenters. The zero-order chi connectivity index (χ0) is 32.3. The minimum Gasteiger partial charge on any atom is -0.368 e. The molecule has 1 saturated heterocycles. The van der Waals surface area contributed by atoms with Crippen LogP contribution in [-0.2, 0) is 32.1 Å². The van der Waals surface area contributed by atoms with Gasteiger partial charge in [0.1, 0.15) is 12.1 Å². The molecule has 3 unspecified atom stereocenters. The highest BCUT2D eigenvalue weighted by molar-refractivity contribution is 5.94. The van der Waals surface area contributed by atoms with Crippen molar-refractivity contribution >= 4 is 23.6 Å². The number of carbonyl (C=O) groups is 4. The monoisotopic (exact) mass is 616 g/mol. The van der Waals surface area contributed by atoms with Gasteiger partial charge in [0.2, 0.25) is 23.6 Å². The van der Waals surface area contributed by atoms with E-state index in [1.807, 2.05) is 115 Å². The largest absolute Gasteiger partial charge is 0.368 e. The molecular formula is C38H40N4O4. The number of nitrogens with one attached hydrogen (secondary N) is 2. The summed E-state index contributed by atoms with van der Waals surface area (Å²) in [6.45, 7) is 0.521. The first-order chi connectivity index (χ1) is 22.4. The second kappa shape index (κ2) is 15.7. The molecule has 236 valence electrons. The van der Waals surface area contributed by atoms with Crippen LogP contribution in [0.4, 0.5) is 0 Å². The van der Waals surface area contributed by atoms with E-state index in [2.05, 4.69) is 10.6 Å². The lowest BCUT2D eigenvalue weighted by Crippen LogP contribution is -2.55. The zero-order valence-electron chi connectivity index (χ0n) is 25.8. The molecule has 0 aromatic heterocycles. The molecule has 4 N–H and O–H groups in total. The highest BCUT2D eigenvalue weighted by Crippen LogP contribution is 2.24. The van der Waals surface area contributed by atoms with Gasteiger partial charge in [0, 0.05) is 25.9 Å². The molecule has 0 saturated carbocycles. The predicted octanol–water partition coefficient (Wildman–Crippen LogP) is 4.74. The van der Waals surface area contributed by atoms with E-state index in [4.69, 9.17) is 5.73 Å². The molecule has 1 heterocycles. The number of benzene rings is 4. The predicted molar refractivity (Wildman–Crippen MR) is 178 cm³/mol. The fourth-order valence-electron chi connectivity index (χ4n) is 5.96. The quantitative estimate of drug-likeness (QED) is 0.278. The summed E-state index contributed by atoms with van der Waals surface area (Å²) in [4.78, 5) is 55.9. The van der Waals surface area contributed by atoms with E-state index in [1.54, 1.807) is 0 Å². The molecule has 4 amide bonds. The van der Waals surface area contributed by atoms with E-state index in [-0.39, 0.29) is 25.3 Å². The topological polar surface area (TPSA) is 122 Å². The first kappa shape index (κ1) is 32.2. The fraction of sp³-hybridized carbons (Fsp3) is 0.263. The number of hydrogen-bond acceptors (Lipinski definition) is 4. The van der Waals surface area contributed by atoms with E-state index >= 15 is 0 Å². The summed E-state index contributed by atoms with van der Waals surface area (Å²) in [6, 6.07) is 34.6. The minimum absolute atomic E-state index is 0.130. The van der Waals surface area contributed by atoms with Crippen LogP contribution in [0.2, 0.25) is 0 Å². The van der Waals surface area contributed by atoms with Gasteiger partial charge in [-0.05, 0) is 47.1 Å². The molecule has 4 aromatic rings. The maximum absolute atomic E-state index is 14.5. The summed E-state index contributed by atoms with van der Waals surface area (Å²) in [7, 11) is 0. The van der Waals surface area contributed by atoms with Gasteiger partial charge >= 0.3 is 0 Å². The molecular weight excluding hydrogens is 576 g/mol. The van der Waals surface area contributed by atoms with Gasteiger partial charge in [-0.1, -0.05) is 115 Å². The molecule has 46 heavy (non-hydrogen) atoms. The lowest BCUT2D eigenvalue weighted by molar-refractivity contribution is -0.143. The van der Waals surface area contributed by atoms with Crippen LogP contribution in [0.1, 0.15) is 48.3 Å². The van der Waals surface area contributed by atoms with Crippen LogP contribution in [0.3, 0.4) is 0 Å². The maximum Gasteiger partial charge on any atom is 0.246 e. The Balaban J connectivity index is 1.48. The number of rotatable bonds is 7. The van der Waals surface area contributed by atoms with Crippen LogP contribution >= 0.6 is 0 Å². The lowest BCUT2D eigenvalue weighted by Gasteiger charge is -2.34. The maximum atomic E-state index is 14.5. The number of nitrogens with zero attached hydrogens (tertiary/aromatic N) is 1. The third-order valence-electron chi connectivity index (χ3n) is 8.43. The smallest absolute Gasteiger partial charge is 0.246 e. The van der Waals surface area contributed by atoms with Gasteiger partial charge in [-0.3, -0.25) is 19.2 Å². The molecule has 8 nitrogen and oxygen atoms in total. The summed E-state index contributed by atoms with van der Waals surface area (Å²) in [5.41, 5.74) is 10.5. The minimum atomic E-state index is -0.984. The SMILES string of the molecule is NC(=O)C1CCCCNC(=O)C(c2ccccc2)CC(=O)NC(Cc2ccccc2)C(=O)N1Cc1ccc(-c2ccccc2)cc1. The van der Waals surface area contributed by atoms with Crippen molar-refractivity contribution in [3.8, 4) is 11.1 Å². The average Bonchev–Trinajstić information content (AvgIpc) is 3.08. The van der Waals surface area contributed by atoms with Crippen molar-refractivity contribution in [2.75, 3.05) is 6.54 Å². The molecule has 4 aromatic carbocycles. The van der Waals surface area contributed by atoms with Crippen LogP contribution in [-0.4, -0.2) is 47.2 Å². The Hall–Kier alpha value is -5.24. The number of primary amides is 1. The molecule has 0 spiro atoms. The number of hydrogen-bond donors (Lipinski definition) is 3. The van der Waals surface area contributed by atoms with Crippen molar-refractivity contribution in [1.29, 1.82) is 0 Å². The van der Waals surface area contributed by atoms with Crippen LogP contribution in [0.15, 0.2) is 115 Å². The second-order valence-corrected chi connectivity index (χ2v) is 11.7. The fourth-order valence-corrected chi connectivity index (χ4v) is 5.96. The van der Waals surface area contributed by atoms with Crippen LogP contribution in [0.25, 0.3) is 11.1 Å². The van der Waals surface area contributed by atoms with E-state index < -0.39 is 35.7 Å². The molecule has 1 fully saturated rings. The molecule has 0 bridgehead atoms. The Bertz CT molecular complexity index is 1610. The van der Waals surface area contributed by atoms with Crippen LogP contribution in [0.5, 0.6) is 0 Å². The Morgan fingerprint density at radius 2 is 1.35 bits per heavy atom. The summed E-state index contributed by atoms with van der Waals surface area (Å²) in [5.74, 6) is -2.41.